The second kappa shape index (κ2) is 9.56. The van der Waals surface area contributed by atoms with Gasteiger partial charge in [-0.3, -0.25) is 4.79 Å². The van der Waals surface area contributed by atoms with Crippen LogP contribution in [0.1, 0.15) is 35.5 Å². The topological polar surface area (TPSA) is 67.4 Å². The number of nitrogens with one attached hydrogen (secondary N) is 1. The van der Waals surface area contributed by atoms with Crippen LogP contribution in [-0.4, -0.2) is 41.0 Å². The predicted molar refractivity (Wildman–Crippen MR) is 120 cm³/mol. The SMILES string of the molecule is CCN(CC)C(=O)c1cnc2nc(C)ccc2c1Nc1ccc(OC)cc1C.Cl. The second-order valence-corrected chi connectivity index (χ2v) is 6.65. The molecule has 0 bridgehead atoms. The Bertz CT molecular complexity index is 1020. The minimum atomic E-state index is -0.0476. The maximum Gasteiger partial charge on any atom is 0.257 e. The molecule has 0 unspecified atom stereocenters. The Morgan fingerprint density at radius 1 is 1.14 bits per heavy atom. The Morgan fingerprint density at radius 2 is 1.86 bits per heavy atom. The van der Waals surface area contributed by atoms with Crippen molar-refractivity contribution in [3.63, 3.8) is 0 Å². The average molecular weight is 415 g/mol. The van der Waals surface area contributed by atoms with Crippen molar-refractivity contribution in [3.05, 3.63) is 53.3 Å². The Balaban J connectivity index is 0.00000300. The normalized spacial score (nSPS) is 10.4. The lowest BCUT2D eigenvalue weighted by molar-refractivity contribution is 0.0773. The van der Waals surface area contributed by atoms with Crippen molar-refractivity contribution < 1.29 is 9.53 Å². The maximum atomic E-state index is 13.1. The molecule has 29 heavy (non-hydrogen) atoms. The fourth-order valence-corrected chi connectivity index (χ4v) is 3.19. The van der Waals surface area contributed by atoms with E-state index in [2.05, 4.69) is 15.3 Å². The van der Waals surface area contributed by atoms with Gasteiger partial charge in [-0.15, -0.1) is 12.4 Å². The first-order valence-electron chi connectivity index (χ1n) is 9.45. The van der Waals surface area contributed by atoms with Gasteiger partial charge < -0.3 is 15.0 Å². The largest absolute Gasteiger partial charge is 0.497 e. The molecule has 3 rings (SSSR count). The molecule has 3 aromatic rings. The number of fused-ring (bicyclic) bond motifs is 1. The van der Waals surface area contributed by atoms with Crippen molar-refractivity contribution >= 4 is 40.7 Å². The summed E-state index contributed by atoms with van der Waals surface area (Å²) >= 11 is 0. The number of carbonyl (C=O) groups excluding carboxylic acids is 1. The van der Waals surface area contributed by atoms with Gasteiger partial charge in [0.05, 0.1) is 18.4 Å². The summed E-state index contributed by atoms with van der Waals surface area (Å²) in [5.41, 5.74) is 4.69. The number of anilines is 2. The minimum absolute atomic E-state index is 0. The summed E-state index contributed by atoms with van der Waals surface area (Å²) in [6.45, 7) is 9.16. The number of amides is 1. The fraction of sp³-hybridized carbons (Fsp3) is 0.318. The van der Waals surface area contributed by atoms with Gasteiger partial charge >= 0.3 is 0 Å². The molecule has 0 saturated heterocycles. The number of benzene rings is 1. The molecule has 2 heterocycles. The number of aryl methyl sites for hydroxylation is 2. The molecule has 0 saturated carbocycles. The van der Waals surface area contributed by atoms with Crippen molar-refractivity contribution in [2.24, 2.45) is 0 Å². The third-order valence-electron chi connectivity index (χ3n) is 4.84. The Morgan fingerprint density at radius 3 is 2.48 bits per heavy atom. The van der Waals surface area contributed by atoms with Crippen molar-refractivity contribution in [1.29, 1.82) is 0 Å². The lowest BCUT2D eigenvalue weighted by atomic mass is 10.1. The molecule has 0 fully saturated rings. The molecule has 0 aliphatic heterocycles. The van der Waals surface area contributed by atoms with E-state index in [4.69, 9.17) is 4.74 Å². The van der Waals surface area contributed by atoms with Crippen LogP contribution in [0, 0.1) is 13.8 Å². The molecule has 154 valence electrons. The maximum absolute atomic E-state index is 13.1. The van der Waals surface area contributed by atoms with Gasteiger partial charge in [-0.05, 0) is 63.6 Å². The van der Waals surface area contributed by atoms with Gasteiger partial charge in [0.1, 0.15) is 5.75 Å². The van der Waals surface area contributed by atoms with E-state index in [0.717, 1.165) is 33.8 Å². The summed E-state index contributed by atoms with van der Waals surface area (Å²) in [5, 5.41) is 4.27. The van der Waals surface area contributed by atoms with Crippen molar-refractivity contribution in [1.82, 2.24) is 14.9 Å². The molecule has 0 aliphatic carbocycles. The smallest absolute Gasteiger partial charge is 0.257 e. The van der Waals surface area contributed by atoms with Crippen molar-refractivity contribution in [3.8, 4) is 5.75 Å². The number of hydrogen-bond donors (Lipinski definition) is 1. The third-order valence-corrected chi connectivity index (χ3v) is 4.84. The summed E-state index contributed by atoms with van der Waals surface area (Å²) in [5.74, 6) is 0.744. The summed E-state index contributed by atoms with van der Waals surface area (Å²) < 4.78 is 5.30. The van der Waals surface area contributed by atoms with Crippen LogP contribution in [0.5, 0.6) is 5.75 Å². The van der Waals surface area contributed by atoms with Crippen molar-refractivity contribution in [2.75, 3.05) is 25.5 Å². The monoisotopic (exact) mass is 414 g/mol. The molecule has 0 atom stereocenters. The molecule has 0 aliphatic rings. The van der Waals surface area contributed by atoms with Crippen LogP contribution >= 0.6 is 12.4 Å². The highest BCUT2D eigenvalue weighted by molar-refractivity contribution is 6.07. The summed E-state index contributed by atoms with van der Waals surface area (Å²) in [7, 11) is 1.65. The first-order valence-corrected chi connectivity index (χ1v) is 9.45. The first-order chi connectivity index (χ1) is 13.5. The number of halogens is 1. The van der Waals surface area contributed by atoms with Gasteiger partial charge in [0.25, 0.3) is 5.91 Å². The molecule has 0 radical (unpaired) electrons. The second-order valence-electron chi connectivity index (χ2n) is 6.65. The summed E-state index contributed by atoms with van der Waals surface area (Å²) in [6.07, 6.45) is 1.62. The zero-order chi connectivity index (χ0) is 20.3. The van der Waals surface area contributed by atoms with Crippen LogP contribution in [0.4, 0.5) is 11.4 Å². The molecule has 7 heteroatoms. The van der Waals surface area contributed by atoms with Crippen LogP contribution in [-0.2, 0) is 0 Å². The number of pyridine rings is 2. The van der Waals surface area contributed by atoms with Crippen LogP contribution in [0.15, 0.2) is 36.5 Å². The van der Waals surface area contributed by atoms with E-state index in [1.54, 1.807) is 18.2 Å². The Labute approximate surface area is 177 Å². The number of hydrogen-bond acceptors (Lipinski definition) is 5. The predicted octanol–water partition coefficient (Wildman–Crippen LogP) is 4.90. The lowest BCUT2D eigenvalue weighted by Gasteiger charge is -2.22. The molecule has 2 aromatic heterocycles. The minimum Gasteiger partial charge on any atom is -0.497 e. The molecule has 6 nitrogen and oxygen atoms in total. The third kappa shape index (κ3) is 4.59. The van der Waals surface area contributed by atoms with E-state index in [0.29, 0.717) is 24.3 Å². The molecule has 1 aromatic carbocycles. The van der Waals surface area contributed by atoms with E-state index < -0.39 is 0 Å². The highest BCUT2D eigenvalue weighted by Crippen LogP contribution is 2.32. The molecular formula is C22H27ClN4O2. The van der Waals surface area contributed by atoms with Gasteiger partial charge in [0.2, 0.25) is 0 Å². The number of nitrogens with zero attached hydrogens (tertiary/aromatic N) is 3. The average Bonchev–Trinajstić information content (AvgIpc) is 2.70. The summed E-state index contributed by atoms with van der Waals surface area (Å²) in [4.78, 5) is 23.9. The Kier molecular flexibility index (Phi) is 7.40. The van der Waals surface area contributed by atoms with Gasteiger partial charge in [-0.1, -0.05) is 0 Å². The molecule has 1 amide bonds. The first kappa shape index (κ1) is 22.4. The fourth-order valence-electron chi connectivity index (χ4n) is 3.19. The van der Waals surface area contributed by atoms with E-state index in [1.165, 1.54) is 0 Å². The number of carbonyl (C=O) groups is 1. The van der Waals surface area contributed by atoms with E-state index in [-0.39, 0.29) is 18.3 Å². The quantitative estimate of drug-likeness (QED) is 0.621. The van der Waals surface area contributed by atoms with E-state index >= 15 is 0 Å². The highest BCUT2D eigenvalue weighted by Gasteiger charge is 2.20. The van der Waals surface area contributed by atoms with Crippen LogP contribution in [0.3, 0.4) is 0 Å². The zero-order valence-corrected chi connectivity index (χ0v) is 18.3. The van der Waals surface area contributed by atoms with Gasteiger partial charge in [-0.2, -0.15) is 0 Å². The Hall–Kier alpha value is -2.86. The number of rotatable bonds is 6. The number of ether oxygens (including phenoxy) is 1. The van der Waals surface area contributed by atoms with Gasteiger partial charge in [0, 0.05) is 36.1 Å². The lowest BCUT2D eigenvalue weighted by Crippen LogP contribution is -2.31. The number of aromatic nitrogens is 2. The van der Waals surface area contributed by atoms with Gasteiger partial charge in [-0.25, -0.2) is 9.97 Å². The highest BCUT2D eigenvalue weighted by atomic mass is 35.5. The van der Waals surface area contributed by atoms with Crippen LogP contribution < -0.4 is 10.1 Å². The standard InChI is InChI=1S/C22H26N4O2.ClH/c1-6-26(7-2)22(27)18-13-23-21-17(10-8-15(4)24-21)20(18)25-19-11-9-16(28-5)12-14(19)3;/h8-13H,6-7H2,1-5H3,(H,23,24,25);1H. The van der Waals surface area contributed by atoms with Gasteiger partial charge in [0.15, 0.2) is 5.65 Å². The van der Waals surface area contributed by atoms with E-state index in [9.17, 15) is 4.79 Å². The summed E-state index contributed by atoms with van der Waals surface area (Å²) in [6, 6.07) is 9.70. The zero-order valence-electron chi connectivity index (χ0n) is 17.4. The molecular weight excluding hydrogens is 388 g/mol. The molecule has 1 N–H and O–H groups in total. The van der Waals surface area contributed by atoms with Crippen LogP contribution in [0.2, 0.25) is 0 Å². The van der Waals surface area contributed by atoms with Crippen molar-refractivity contribution in [2.45, 2.75) is 27.7 Å². The van der Waals surface area contributed by atoms with E-state index in [1.807, 2.05) is 58.0 Å². The molecule has 0 spiro atoms. The number of methoxy groups -OCH3 is 1. The van der Waals surface area contributed by atoms with Crippen LogP contribution in [0.25, 0.3) is 11.0 Å².